The molecule has 1 aromatic heterocycles. The first-order valence-corrected chi connectivity index (χ1v) is 8.29. The number of benzene rings is 1. The van der Waals surface area contributed by atoms with E-state index in [4.69, 9.17) is 9.47 Å². The van der Waals surface area contributed by atoms with Crippen LogP contribution >= 0.6 is 24.0 Å². The van der Waals surface area contributed by atoms with Crippen molar-refractivity contribution in [3.05, 3.63) is 53.7 Å². The summed E-state index contributed by atoms with van der Waals surface area (Å²) < 4.78 is 10.8. The number of methoxy groups -OCH3 is 1. The van der Waals surface area contributed by atoms with Crippen molar-refractivity contribution >= 4 is 29.9 Å². The number of hydrogen-bond acceptors (Lipinski definition) is 4. The van der Waals surface area contributed by atoms with Gasteiger partial charge in [0.2, 0.25) is 5.88 Å². The lowest BCUT2D eigenvalue weighted by molar-refractivity contribution is 0.232. The number of ether oxygens (including phenoxy) is 2. The summed E-state index contributed by atoms with van der Waals surface area (Å²) in [6.45, 7) is 5.26. The largest absolute Gasteiger partial charge is 0.497 e. The molecule has 0 amide bonds. The molecule has 0 bridgehead atoms. The van der Waals surface area contributed by atoms with E-state index in [0.29, 0.717) is 19.0 Å². The minimum Gasteiger partial charge on any atom is -0.497 e. The Morgan fingerprint density at radius 1 is 1.12 bits per heavy atom. The average molecular weight is 470 g/mol. The maximum atomic E-state index is 5.54. The van der Waals surface area contributed by atoms with E-state index in [0.717, 1.165) is 22.8 Å². The molecule has 7 heteroatoms. The van der Waals surface area contributed by atoms with Gasteiger partial charge in [0.05, 0.1) is 13.2 Å². The van der Waals surface area contributed by atoms with Gasteiger partial charge >= 0.3 is 0 Å². The lowest BCUT2D eigenvalue weighted by Gasteiger charge is -2.13. The van der Waals surface area contributed by atoms with Gasteiger partial charge in [0, 0.05) is 32.4 Å². The fourth-order valence-corrected chi connectivity index (χ4v) is 2.20. The molecule has 0 aliphatic rings. The molecule has 2 aromatic rings. The van der Waals surface area contributed by atoms with E-state index >= 15 is 0 Å². The van der Waals surface area contributed by atoms with Crippen molar-refractivity contribution in [3.8, 4) is 11.6 Å². The van der Waals surface area contributed by atoms with Crippen molar-refractivity contribution in [2.24, 2.45) is 4.99 Å². The zero-order valence-electron chi connectivity index (χ0n) is 15.7. The van der Waals surface area contributed by atoms with Crippen LogP contribution in [0.1, 0.15) is 25.0 Å². The van der Waals surface area contributed by atoms with Gasteiger partial charge in [-0.2, -0.15) is 0 Å². The Kier molecular flexibility index (Phi) is 9.79. The van der Waals surface area contributed by atoms with Crippen LogP contribution in [0.15, 0.2) is 47.6 Å². The van der Waals surface area contributed by atoms with Gasteiger partial charge in [-0.1, -0.05) is 18.2 Å². The zero-order valence-corrected chi connectivity index (χ0v) is 18.0. The van der Waals surface area contributed by atoms with E-state index in [1.54, 1.807) is 20.4 Å². The molecule has 0 saturated heterocycles. The zero-order chi connectivity index (χ0) is 18.1. The normalized spacial score (nSPS) is 10.9. The fraction of sp³-hybridized carbons (Fsp3) is 0.368. The highest BCUT2D eigenvalue weighted by atomic mass is 127. The third-order valence-corrected chi connectivity index (χ3v) is 3.43. The summed E-state index contributed by atoms with van der Waals surface area (Å²) in [6.07, 6.45) is 1.93. The first-order chi connectivity index (χ1) is 12.1. The number of rotatable bonds is 7. The molecule has 2 N–H and O–H groups in total. The molecule has 0 atom stereocenters. The number of nitrogens with one attached hydrogen (secondary N) is 2. The Morgan fingerprint density at radius 2 is 1.85 bits per heavy atom. The Balaban J connectivity index is 0.00000338. The van der Waals surface area contributed by atoms with Gasteiger partial charge in [0.1, 0.15) is 5.75 Å². The minimum absolute atomic E-state index is 0. The van der Waals surface area contributed by atoms with E-state index in [-0.39, 0.29) is 30.1 Å². The molecule has 142 valence electrons. The van der Waals surface area contributed by atoms with Crippen LogP contribution in [-0.4, -0.2) is 31.2 Å². The number of halogens is 1. The molecule has 0 unspecified atom stereocenters. The molecule has 1 heterocycles. The van der Waals surface area contributed by atoms with E-state index in [1.807, 2.05) is 50.2 Å². The lowest BCUT2D eigenvalue weighted by atomic mass is 10.2. The van der Waals surface area contributed by atoms with Crippen LogP contribution in [-0.2, 0) is 13.1 Å². The van der Waals surface area contributed by atoms with Crippen molar-refractivity contribution in [2.75, 3.05) is 14.2 Å². The van der Waals surface area contributed by atoms with Crippen LogP contribution in [0.2, 0.25) is 0 Å². The molecule has 2 rings (SSSR count). The van der Waals surface area contributed by atoms with E-state index in [1.165, 1.54) is 0 Å². The summed E-state index contributed by atoms with van der Waals surface area (Å²) in [5.74, 6) is 2.21. The average Bonchev–Trinajstić information content (AvgIpc) is 2.63. The third kappa shape index (κ3) is 7.47. The summed E-state index contributed by atoms with van der Waals surface area (Å²) in [5.41, 5.74) is 2.18. The summed E-state index contributed by atoms with van der Waals surface area (Å²) in [6, 6.07) is 11.8. The molecular weight excluding hydrogens is 443 g/mol. The Morgan fingerprint density at radius 3 is 2.42 bits per heavy atom. The molecule has 0 spiro atoms. The van der Waals surface area contributed by atoms with E-state index < -0.39 is 0 Å². The highest BCUT2D eigenvalue weighted by Gasteiger charge is 2.02. The van der Waals surface area contributed by atoms with Gasteiger partial charge in [-0.05, 0) is 37.1 Å². The molecule has 6 nitrogen and oxygen atoms in total. The SMILES string of the molecule is CN=C(NCc1ccc(OC(C)C)nc1)NCc1cccc(OC)c1.I. The number of pyridine rings is 1. The summed E-state index contributed by atoms with van der Waals surface area (Å²) in [7, 11) is 3.41. The van der Waals surface area contributed by atoms with E-state index in [9.17, 15) is 0 Å². The maximum absolute atomic E-state index is 5.54. The summed E-state index contributed by atoms with van der Waals surface area (Å²) in [4.78, 5) is 8.53. The monoisotopic (exact) mass is 470 g/mol. The van der Waals surface area contributed by atoms with Crippen LogP contribution < -0.4 is 20.1 Å². The molecular formula is C19H27IN4O2. The van der Waals surface area contributed by atoms with Gasteiger partial charge in [-0.25, -0.2) is 4.98 Å². The second-order valence-corrected chi connectivity index (χ2v) is 5.80. The number of hydrogen-bond donors (Lipinski definition) is 2. The molecule has 0 radical (unpaired) electrons. The molecule has 0 aliphatic heterocycles. The van der Waals surface area contributed by atoms with Crippen molar-refractivity contribution in [1.82, 2.24) is 15.6 Å². The first-order valence-electron chi connectivity index (χ1n) is 8.29. The third-order valence-electron chi connectivity index (χ3n) is 3.43. The van der Waals surface area contributed by atoms with Crippen LogP contribution in [0.4, 0.5) is 0 Å². The number of guanidine groups is 1. The molecule has 0 fully saturated rings. The van der Waals surface area contributed by atoms with Gasteiger partial charge < -0.3 is 20.1 Å². The van der Waals surface area contributed by atoms with Gasteiger partial charge in [0.15, 0.2) is 5.96 Å². The summed E-state index contributed by atoms with van der Waals surface area (Å²) in [5, 5.41) is 6.55. The van der Waals surface area contributed by atoms with Crippen LogP contribution in [0.25, 0.3) is 0 Å². The second kappa shape index (κ2) is 11.6. The van der Waals surface area contributed by atoms with Crippen molar-refractivity contribution in [2.45, 2.75) is 33.0 Å². The molecule has 1 aromatic carbocycles. The van der Waals surface area contributed by atoms with Gasteiger partial charge in [-0.15, -0.1) is 24.0 Å². The lowest BCUT2D eigenvalue weighted by Crippen LogP contribution is -2.36. The van der Waals surface area contributed by atoms with Crippen LogP contribution in [0, 0.1) is 0 Å². The van der Waals surface area contributed by atoms with Crippen LogP contribution in [0.3, 0.4) is 0 Å². The molecule has 0 aliphatic carbocycles. The standard InChI is InChI=1S/C19H26N4O2.HI/c1-14(2)25-18-9-8-16(12-21-18)13-23-19(20-3)22-11-15-6-5-7-17(10-15)24-4;/h5-10,12,14H,11,13H2,1-4H3,(H2,20,22,23);1H. The number of nitrogens with zero attached hydrogens (tertiary/aromatic N) is 2. The van der Waals surface area contributed by atoms with Gasteiger partial charge in [0.25, 0.3) is 0 Å². The highest BCUT2D eigenvalue weighted by molar-refractivity contribution is 14.0. The Bertz CT molecular complexity index is 690. The van der Waals surface area contributed by atoms with Crippen LogP contribution in [0.5, 0.6) is 11.6 Å². The predicted octanol–water partition coefficient (Wildman–Crippen LogP) is 3.36. The molecule has 26 heavy (non-hydrogen) atoms. The predicted molar refractivity (Wildman–Crippen MR) is 115 cm³/mol. The maximum Gasteiger partial charge on any atom is 0.213 e. The van der Waals surface area contributed by atoms with Crippen molar-refractivity contribution in [3.63, 3.8) is 0 Å². The topological polar surface area (TPSA) is 67.8 Å². The highest BCUT2D eigenvalue weighted by Crippen LogP contribution is 2.12. The summed E-state index contributed by atoms with van der Waals surface area (Å²) >= 11 is 0. The second-order valence-electron chi connectivity index (χ2n) is 5.80. The number of aromatic nitrogens is 1. The fourth-order valence-electron chi connectivity index (χ4n) is 2.20. The molecule has 0 saturated carbocycles. The smallest absolute Gasteiger partial charge is 0.213 e. The minimum atomic E-state index is 0. The van der Waals surface area contributed by atoms with Crippen molar-refractivity contribution < 1.29 is 9.47 Å². The number of aliphatic imine (C=N–C) groups is 1. The van der Waals surface area contributed by atoms with E-state index in [2.05, 4.69) is 20.6 Å². The Hall–Kier alpha value is -2.03. The first kappa shape index (κ1) is 22.0. The quantitative estimate of drug-likeness (QED) is 0.369. The Labute approximate surface area is 172 Å². The van der Waals surface area contributed by atoms with Crippen molar-refractivity contribution in [1.29, 1.82) is 0 Å². The van der Waals surface area contributed by atoms with Gasteiger partial charge in [-0.3, -0.25) is 4.99 Å².